The zero-order valence-corrected chi connectivity index (χ0v) is 18.7. The van der Waals surface area contributed by atoms with Crippen molar-refractivity contribution >= 4 is 22.0 Å². The van der Waals surface area contributed by atoms with E-state index in [1.54, 1.807) is 11.0 Å². The summed E-state index contributed by atoms with van der Waals surface area (Å²) in [6, 6.07) is 7.82. The highest BCUT2D eigenvalue weighted by atomic mass is 79.9. The first-order chi connectivity index (χ1) is 14.2. The molecule has 0 unspecified atom stereocenters. The Morgan fingerprint density at radius 2 is 1.83 bits per heavy atom. The maximum Gasteiger partial charge on any atom is 0.318 e. The number of hydrogen-bond donors (Lipinski definition) is 1. The van der Waals surface area contributed by atoms with E-state index in [1.165, 1.54) is 24.3 Å². The SMILES string of the molecule is Cc1cc(F)ccc1[C@H]1CCCCN1C(=O)N[C@H](Br)[C@H](C)Cc1cc(F)cc(F)c1. The predicted molar refractivity (Wildman–Crippen MR) is 115 cm³/mol. The number of hydrogen-bond acceptors (Lipinski definition) is 1. The van der Waals surface area contributed by atoms with Gasteiger partial charge in [0, 0.05) is 12.6 Å². The van der Waals surface area contributed by atoms with Crippen molar-refractivity contribution in [1.29, 1.82) is 0 Å². The third kappa shape index (κ3) is 5.56. The fraction of sp³-hybridized carbons (Fsp3) is 0.435. The second-order valence-corrected chi connectivity index (χ2v) is 9.00. The Labute approximate surface area is 183 Å². The van der Waals surface area contributed by atoms with E-state index >= 15 is 0 Å². The maximum atomic E-state index is 13.5. The summed E-state index contributed by atoms with van der Waals surface area (Å²) in [5, 5.41) is 2.97. The van der Waals surface area contributed by atoms with Gasteiger partial charge in [-0.15, -0.1) is 0 Å². The number of urea groups is 1. The topological polar surface area (TPSA) is 32.3 Å². The lowest BCUT2D eigenvalue weighted by Crippen LogP contribution is -2.48. The number of likely N-dealkylation sites (tertiary alicyclic amines) is 1. The van der Waals surface area contributed by atoms with Crippen molar-refractivity contribution in [2.24, 2.45) is 5.92 Å². The summed E-state index contributed by atoms with van der Waals surface area (Å²) in [7, 11) is 0. The molecule has 7 heteroatoms. The van der Waals surface area contributed by atoms with Crippen molar-refractivity contribution < 1.29 is 18.0 Å². The molecule has 30 heavy (non-hydrogen) atoms. The van der Waals surface area contributed by atoms with Crippen LogP contribution in [0.2, 0.25) is 0 Å². The molecule has 1 fully saturated rings. The summed E-state index contributed by atoms with van der Waals surface area (Å²) in [6.07, 6.45) is 3.15. The van der Waals surface area contributed by atoms with Gasteiger partial charge in [0.1, 0.15) is 17.5 Å². The second-order valence-electron chi connectivity index (χ2n) is 8.02. The molecule has 1 aliphatic heterocycles. The molecule has 0 spiro atoms. The van der Waals surface area contributed by atoms with E-state index in [0.29, 0.717) is 18.5 Å². The summed E-state index contributed by atoms with van der Waals surface area (Å²) >= 11 is 3.51. The number of carbonyl (C=O) groups excluding carboxylic acids is 1. The van der Waals surface area contributed by atoms with Gasteiger partial charge in [0.25, 0.3) is 0 Å². The first-order valence-electron chi connectivity index (χ1n) is 10.2. The largest absolute Gasteiger partial charge is 0.325 e. The van der Waals surface area contributed by atoms with Crippen molar-refractivity contribution in [3.63, 3.8) is 0 Å². The van der Waals surface area contributed by atoms with Crippen molar-refractivity contribution in [2.45, 2.75) is 50.5 Å². The molecule has 1 heterocycles. The number of carbonyl (C=O) groups is 1. The number of amides is 2. The Kier molecular flexibility index (Phi) is 7.45. The molecule has 1 N–H and O–H groups in total. The van der Waals surface area contributed by atoms with Crippen molar-refractivity contribution in [2.75, 3.05) is 6.54 Å². The van der Waals surface area contributed by atoms with Gasteiger partial charge in [-0.1, -0.05) is 28.9 Å². The van der Waals surface area contributed by atoms with Crippen LogP contribution in [0.15, 0.2) is 36.4 Å². The van der Waals surface area contributed by atoms with Gasteiger partial charge < -0.3 is 10.2 Å². The van der Waals surface area contributed by atoms with Crippen molar-refractivity contribution in [1.82, 2.24) is 10.2 Å². The molecule has 0 aliphatic carbocycles. The number of piperidine rings is 1. The average Bonchev–Trinajstić information content (AvgIpc) is 2.67. The number of nitrogens with zero attached hydrogens (tertiary/aromatic N) is 1. The fourth-order valence-corrected chi connectivity index (χ4v) is 4.44. The highest BCUT2D eigenvalue weighted by Gasteiger charge is 2.30. The number of benzene rings is 2. The molecule has 162 valence electrons. The number of halogens is 4. The molecular weight excluding hydrogens is 457 g/mol. The zero-order valence-electron chi connectivity index (χ0n) is 17.1. The molecule has 0 aromatic heterocycles. The Morgan fingerprint density at radius 3 is 2.50 bits per heavy atom. The van der Waals surface area contributed by atoms with E-state index in [-0.39, 0.29) is 28.8 Å². The average molecular weight is 483 g/mol. The molecule has 3 nitrogen and oxygen atoms in total. The van der Waals surface area contributed by atoms with E-state index in [2.05, 4.69) is 21.2 Å². The Balaban J connectivity index is 1.67. The van der Waals surface area contributed by atoms with Gasteiger partial charge in [0.2, 0.25) is 0 Å². The highest BCUT2D eigenvalue weighted by Crippen LogP contribution is 2.33. The standard InChI is InChI=1S/C23H26BrF3N2O/c1-14-10-17(25)6-7-20(14)21-5-3-4-8-29(21)23(30)28-22(24)15(2)9-16-11-18(26)13-19(27)12-16/h6-7,10-13,15,21-22H,3-5,8-9H2,1-2H3,(H,28,30)/t15-,21-,22+/m1/s1. The van der Waals surface area contributed by atoms with E-state index in [1.807, 2.05) is 13.8 Å². The van der Waals surface area contributed by atoms with E-state index in [9.17, 15) is 18.0 Å². The van der Waals surface area contributed by atoms with Gasteiger partial charge in [-0.2, -0.15) is 0 Å². The monoisotopic (exact) mass is 482 g/mol. The van der Waals surface area contributed by atoms with Crippen LogP contribution in [0.1, 0.15) is 48.9 Å². The smallest absolute Gasteiger partial charge is 0.318 e. The van der Waals surface area contributed by atoms with Gasteiger partial charge in [-0.3, -0.25) is 0 Å². The van der Waals surface area contributed by atoms with Crippen LogP contribution >= 0.6 is 15.9 Å². The molecule has 0 radical (unpaired) electrons. The van der Waals surface area contributed by atoms with Crippen LogP contribution in [0.25, 0.3) is 0 Å². The first kappa shape index (κ1) is 22.7. The quantitative estimate of drug-likeness (QED) is 0.396. The van der Waals surface area contributed by atoms with Crippen LogP contribution in [0.4, 0.5) is 18.0 Å². The van der Waals surface area contributed by atoms with Crippen LogP contribution in [0.5, 0.6) is 0 Å². The van der Waals surface area contributed by atoms with Crippen LogP contribution in [0, 0.1) is 30.3 Å². The molecule has 3 atom stereocenters. The van der Waals surface area contributed by atoms with Gasteiger partial charge in [-0.25, -0.2) is 18.0 Å². The number of aryl methyl sites for hydroxylation is 1. The van der Waals surface area contributed by atoms with E-state index in [4.69, 9.17) is 0 Å². The normalized spacial score (nSPS) is 18.7. The zero-order chi connectivity index (χ0) is 21.8. The van der Waals surface area contributed by atoms with E-state index in [0.717, 1.165) is 36.5 Å². The molecule has 0 bridgehead atoms. The summed E-state index contributed by atoms with van der Waals surface area (Å²) in [6.45, 7) is 4.38. The first-order valence-corrected chi connectivity index (χ1v) is 11.1. The highest BCUT2D eigenvalue weighted by molar-refractivity contribution is 9.09. The summed E-state index contributed by atoms with van der Waals surface area (Å²) in [5.74, 6) is -1.60. The van der Waals surface area contributed by atoms with Crippen LogP contribution in [0.3, 0.4) is 0 Å². The number of nitrogens with one attached hydrogen (secondary N) is 1. The predicted octanol–water partition coefficient (Wildman–Crippen LogP) is 6.25. The lowest BCUT2D eigenvalue weighted by Gasteiger charge is -2.37. The Hall–Kier alpha value is -2.02. The lowest BCUT2D eigenvalue weighted by molar-refractivity contribution is 0.149. The number of rotatable bonds is 5. The molecular formula is C23H26BrF3N2O. The van der Waals surface area contributed by atoms with Crippen molar-refractivity contribution in [3.05, 3.63) is 70.5 Å². The minimum atomic E-state index is -0.613. The molecule has 1 aliphatic rings. The molecule has 2 aromatic carbocycles. The summed E-state index contributed by atoms with van der Waals surface area (Å²) in [5.41, 5.74) is 2.33. The molecule has 3 rings (SSSR count). The van der Waals surface area contributed by atoms with Crippen molar-refractivity contribution in [3.8, 4) is 0 Å². The Bertz CT molecular complexity index is 888. The molecule has 2 aromatic rings. The summed E-state index contributed by atoms with van der Waals surface area (Å²) < 4.78 is 40.4. The van der Waals surface area contributed by atoms with Gasteiger partial charge >= 0.3 is 6.03 Å². The minimum absolute atomic E-state index is 0.0917. The third-order valence-electron chi connectivity index (χ3n) is 5.60. The second kappa shape index (κ2) is 9.86. The maximum absolute atomic E-state index is 13.5. The third-order valence-corrected chi connectivity index (χ3v) is 6.73. The minimum Gasteiger partial charge on any atom is -0.325 e. The molecule has 1 saturated heterocycles. The van der Waals surface area contributed by atoms with Gasteiger partial charge in [-0.05, 0) is 79.5 Å². The van der Waals surface area contributed by atoms with Gasteiger partial charge in [0.15, 0.2) is 0 Å². The van der Waals surface area contributed by atoms with Crippen LogP contribution in [-0.4, -0.2) is 22.4 Å². The van der Waals surface area contributed by atoms with E-state index < -0.39 is 11.6 Å². The van der Waals surface area contributed by atoms with Crippen LogP contribution < -0.4 is 5.32 Å². The summed E-state index contributed by atoms with van der Waals surface area (Å²) in [4.78, 5) is 14.5. The lowest BCUT2D eigenvalue weighted by atomic mass is 9.92. The fourth-order valence-electron chi connectivity index (χ4n) is 4.06. The number of alkyl halides is 1. The van der Waals surface area contributed by atoms with Crippen LogP contribution in [-0.2, 0) is 6.42 Å². The molecule has 0 saturated carbocycles. The van der Waals surface area contributed by atoms with Gasteiger partial charge in [0.05, 0.1) is 11.0 Å². The molecule has 2 amide bonds. The Morgan fingerprint density at radius 1 is 1.13 bits per heavy atom.